The number of thioether (sulfide) groups is 1. The molecule has 2 aromatic rings. The number of carbonyl (C=O) groups is 1. The van der Waals surface area contributed by atoms with Crippen LogP contribution in [0.5, 0.6) is 5.75 Å². The minimum absolute atomic E-state index is 0.0481. The fourth-order valence-electron chi connectivity index (χ4n) is 5.48. The maximum absolute atomic E-state index is 13.0. The third-order valence-corrected chi connectivity index (χ3v) is 9.73. The lowest BCUT2D eigenvalue weighted by Crippen LogP contribution is -2.43. The Hall–Kier alpha value is -2.00. The number of carbonyl (C=O) groups excluding carboxylic acids is 1. The van der Waals surface area contributed by atoms with E-state index in [0.29, 0.717) is 42.1 Å². The third-order valence-electron chi connectivity index (χ3n) is 7.72. The van der Waals surface area contributed by atoms with Gasteiger partial charge in [0, 0.05) is 36.5 Å². The second-order valence-electron chi connectivity index (χ2n) is 10.1. The number of halogens is 1. The molecule has 0 spiro atoms. The van der Waals surface area contributed by atoms with Gasteiger partial charge in [-0.1, -0.05) is 42.0 Å². The summed E-state index contributed by atoms with van der Waals surface area (Å²) < 4.78 is 28.7. The summed E-state index contributed by atoms with van der Waals surface area (Å²) in [6, 6.07) is 11.6. The second kappa shape index (κ2) is 12.9. The largest absolute Gasteiger partial charge is 0.481 e. The maximum Gasteiger partial charge on any atom is 0.254 e. The molecule has 0 aromatic heterocycles. The Morgan fingerprint density at radius 1 is 1.18 bits per heavy atom. The van der Waals surface area contributed by atoms with E-state index in [1.165, 1.54) is 11.1 Å². The van der Waals surface area contributed by atoms with Crippen molar-refractivity contribution < 1.29 is 18.5 Å². The number of benzene rings is 2. The molecule has 2 heterocycles. The van der Waals surface area contributed by atoms with Gasteiger partial charge in [0.2, 0.25) is 0 Å². The van der Waals surface area contributed by atoms with Crippen LogP contribution in [-0.2, 0) is 32.5 Å². The fraction of sp³-hybridized carbons (Fsp3) is 0.483. The van der Waals surface area contributed by atoms with Gasteiger partial charge in [0.25, 0.3) is 5.91 Å². The van der Waals surface area contributed by atoms with Crippen LogP contribution in [0, 0.1) is 11.8 Å². The molecule has 3 aliphatic rings. The van der Waals surface area contributed by atoms with Gasteiger partial charge in [0.05, 0.1) is 11.8 Å². The van der Waals surface area contributed by atoms with E-state index in [0.717, 1.165) is 54.4 Å². The lowest BCUT2D eigenvalue weighted by molar-refractivity contribution is 0.0134. The lowest BCUT2D eigenvalue weighted by atomic mass is 9.70. The monoisotopic (exact) mass is 573 g/mol. The van der Waals surface area contributed by atoms with Gasteiger partial charge in [-0.2, -0.15) is 10.6 Å². The highest BCUT2D eigenvalue weighted by Gasteiger charge is 2.37. The van der Waals surface area contributed by atoms with Gasteiger partial charge in [-0.3, -0.25) is 4.79 Å². The van der Waals surface area contributed by atoms with E-state index in [4.69, 9.17) is 21.1 Å². The van der Waals surface area contributed by atoms with Crippen LogP contribution < -0.4 is 9.64 Å². The van der Waals surface area contributed by atoms with Crippen LogP contribution in [0.2, 0.25) is 5.02 Å². The Balaban J connectivity index is 1.60. The number of hydrogen-bond donors (Lipinski definition) is 0. The third kappa shape index (κ3) is 6.58. The molecule has 9 heteroatoms. The first-order valence-electron chi connectivity index (χ1n) is 13.2. The van der Waals surface area contributed by atoms with Crippen molar-refractivity contribution in [1.82, 2.24) is 0 Å². The zero-order chi connectivity index (χ0) is 26.5. The number of rotatable bonds is 1. The summed E-state index contributed by atoms with van der Waals surface area (Å²) in [5.41, 5.74) is 3.75. The summed E-state index contributed by atoms with van der Waals surface area (Å²) >= 11 is 8.12. The van der Waals surface area contributed by atoms with Crippen molar-refractivity contribution in [1.29, 1.82) is 0 Å². The van der Waals surface area contributed by atoms with Gasteiger partial charge in [0.1, 0.15) is 11.7 Å². The molecule has 1 saturated carbocycles. The highest BCUT2D eigenvalue weighted by molar-refractivity contribution is 7.99. The fourth-order valence-corrected chi connectivity index (χ4v) is 7.16. The van der Waals surface area contributed by atoms with E-state index >= 15 is 0 Å². The Bertz CT molecular complexity index is 1280. The van der Waals surface area contributed by atoms with Gasteiger partial charge in [-0.15, -0.1) is 11.8 Å². The summed E-state index contributed by atoms with van der Waals surface area (Å²) in [6.45, 7) is 1.48. The number of hydrogen-bond acceptors (Lipinski definition) is 7. The number of fused-ring (bicyclic) bond motifs is 3. The zero-order valence-corrected chi connectivity index (χ0v) is 24.0. The van der Waals surface area contributed by atoms with Crippen molar-refractivity contribution in [2.24, 2.45) is 16.2 Å². The van der Waals surface area contributed by atoms with Crippen LogP contribution >= 0.6 is 23.4 Å². The minimum atomic E-state index is -1.56. The van der Waals surface area contributed by atoms with Crippen LogP contribution in [0.3, 0.4) is 0 Å². The predicted octanol–water partition coefficient (Wildman–Crippen LogP) is 6.65. The molecule has 5 rings (SSSR count). The van der Waals surface area contributed by atoms with Crippen molar-refractivity contribution in [2.75, 3.05) is 36.0 Å². The summed E-state index contributed by atoms with van der Waals surface area (Å²) in [4.78, 5) is 15.4. The number of amides is 1. The van der Waals surface area contributed by atoms with Crippen molar-refractivity contribution in [3.8, 4) is 5.75 Å². The summed E-state index contributed by atoms with van der Waals surface area (Å²) in [5, 5.41) is 0.740. The molecular weight excluding hydrogens is 540 g/mol. The summed E-state index contributed by atoms with van der Waals surface area (Å²) in [5.74, 6) is 2.95. The van der Waals surface area contributed by atoms with Crippen LogP contribution in [0.1, 0.15) is 47.2 Å². The lowest BCUT2D eigenvalue weighted by Gasteiger charge is -2.43. The quantitative estimate of drug-likeness (QED) is 0.281. The number of ether oxygens (including phenoxy) is 2. The molecule has 2 aliphatic heterocycles. The van der Waals surface area contributed by atoms with Crippen molar-refractivity contribution in [3.63, 3.8) is 0 Å². The molecule has 1 amide bonds. The Morgan fingerprint density at radius 3 is 2.89 bits per heavy atom. The molecule has 0 N–H and O–H groups in total. The maximum atomic E-state index is 13.0. The van der Waals surface area contributed by atoms with E-state index in [9.17, 15) is 9.00 Å². The number of nitrogens with zero attached hydrogens (tertiary/aromatic N) is 2. The van der Waals surface area contributed by atoms with Gasteiger partial charge in [-0.25, -0.2) is 0 Å². The molecule has 6 nitrogen and oxygen atoms in total. The first-order chi connectivity index (χ1) is 18.5. The number of aryl methyl sites for hydroxylation is 1. The summed E-state index contributed by atoms with van der Waals surface area (Å²) in [7, 11) is 0.218. The molecule has 0 unspecified atom stereocenters. The van der Waals surface area contributed by atoms with Crippen molar-refractivity contribution in [2.45, 2.75) is 44.8 Å². The van der Waals surface area contributed by atoms with Gasteiger partial charge in [0.15, 0.2) is 0 Å². The Kier molecular flexibility index (Phi) is 9.36. The average Bonchev–Trinajstić information content (AvgIpc) is 2.92. The predicted molar refractivity (Wildman–Crippen MR) is 156 cm³/mol. The molecule has 1 fully saturated rings. The van der Waals surface area contributed by atoms with Crippen molar-refractivity contribution >= 4 is 45.6 Å². The minimum Gasteiger partial charge on any atom is -0.481 e. The first-order valence-corrected chi connectivity index (χ1v) is 16.0. The second-order valence-corrected chi connectivity index (χ2v) is 12.8. The average molecular weight is 574 g/mol. The molecule has 2 aromatic carbocycles. The highest BCUT2D eigenvalue weighted by Crippen LogP contribution is 2.42. The normalized spacial score (nSPS) is 26.0. The van der Waals surface area contributed by atoms with Crippen LogP contribution in [0.15, 0.2) is 52.9 Å². The standard InChI is InChI=1S/C29H34ClN2O4S2/c1-35-27-5-3-2-4-14-38(34)31-29(33)21-8-11-28-26(16-21)32(18-23-7-10-25(23)27)17-22-6-9-24(30)15-20(22)12-13-37-19-36-28/h3,5-6,8-9,11,15-16,23,25,27H,2,4,7,10,12-14,17-19H2,1H3/q-1/b5-3+/t23-,25+,27-/m0/s1. The Morgan fingerprint density at radius 2 is 2.08 bits per heavy atom. The number of anilines is 1. The van der Waals surface area contributed by atoms with Gasteiger partial charge < -0.3 is 22.9 Å². The molecule has 0 saturated heterocycles. The van der Waals surface area contributed by atoms with Gasteiger partial charge >= 0.3 is 0 Å². The van der Waals surface area contributed by atoms with Gasteiger partial charge in [-0.05, 0) is 79.0 Å². The molecule has 38 heavy (non-hydrogen) atoms. The van der Waals surface area contributed by atoms with Crippen molar-refractivity contribution in [3.05, 3.63) is 70.3 Å². The Labute approximate surface area is 236 Å². The zero-order valence-electron chi connectivity index (χ0n) is 21.6. The summed E-state index contributed by atoms with van der Waals surface area (Å²) in [6.07, 6.45) is 8.97. The smallest absolute Gasteiger partial charge is 0.254 e. The van der Waals surface area contributed by atoms with E-state index in [1.807, 2.05) is 18.2 Å². The number of methoxy groups -OCH3 is 1. The van der Waals surface area contributed by atoms with E-state index < -0.39 is 16.5 Å². The van der Waals surface area contributed by atoms with E-state index in [-0.39, 0.29) is 6.10 Å². The topological polar surface area (TPSA) is 68.2 Å². The molecule has 1 aliphatic carbocycles. The number of allylic oxidation sites excluding steroid dienone is 1. The molecule has 0 radical (unpaired) electrons. The first kappa shape index (κ1) is 27.6. The molecule has 2 bridgehead atoms. The van der Waals surface area contributed by atoms with Crippen LogP contribution in [0.25, 0.3) is 0 Å². The van der Waals surface area contributed by atoms with E-state index in [1.54, 1.807) is 24.9 Å². The molecule has 3 atom stereocenters. The highest BCUT2D eigenvalue weighted by atomic mass is 35.5. The van der Waals surface area contributed by atoms with E-state index in [2.05, 4.69) is 33.5 Å². The molecular formula is C29H34ClN2O4S2-. The van der Waals surface area contributed by atoms with Crippen LogP contribution in [0.4, 0.5) is 5.69 Å². The SMILES string of the molecule is CO[C@H]1/C=C/CCC[S-](=O)=NC(=O)c2ccc3c(c2)N(Cc2ccc(Cl)cc2CCSCO3)C[C@@H]2CC[C@H]21. The molecule has 204 valence electrons. The van der Waals surface area contributed by atoms with Crippen LogP contribution in [-0.4, -0.2) is 43.1 Å².